The molecule has 3 heteroatoms. The molecule has 2 aromatic carbocycles. The van der Waals surface area contributed by atoms with Crippen LogP contribution in [0.25, 0.3) is 0 Å². The highest BCUT2D eigenvalue weighted by Gasteiger charge is 2.42. The summed E-state index contributed by atoms with van der Waals surface area (Å²) in [6.07, 6.45) is 0. The number of carbonyl (C=O) groups is 1. The third kappa shape index (κ3) is 3.83. The number of carbonyl (C=O) groups excluding carboxylic acids is 1. The standard InChI is InChI=1S/C21H24Br2O/c1-20(2,15-11-7-5-8-12-15)18(22)17(24)19(23)21(3,4)16-13-9-6-10-14-16/h5-14,18-19H,1-4H3. The predicted molar refractivity (Wildman–Crippen MR) is 109 cm³/mol. The minimum atomic E-state index is -0.295. The summed E-state index contributed by atoms with van der Waals surface area (Å²) in [6, 6.07) is 20.4. The van der Waals surface area contributed by atoms with Crippen molar-refractivity contribution in [1.29, 1.82) is 0 Å². The largest absolute Gasteiger partial charge is 0.297 e. The lowest BCUT2D eigenvalue weighted by Crippen LogP contribution is -2.45. The van der Waals surface area contributed by atoms with Crippen molar-refractivity contribution >= 4 is 37.6 Å². The Morgan fingerprint density at radius 2 is 1.00 bits per heavy atom. The maximum atomic E-state index is 13.2. The topological polar surface area (TPSA) is 17.1 Å². The molecule has 0 amide bonds. The molecule has 0 heterocycles. The third-order valence-corrected chi connectivity index (χ3v) is 7.99. The van der Waals surface area contributed by atoms with E-state index in [9.17, 15) is 4.79 Å². The second kappa shape index (κ2) is 7.53. The Kier molecular flexibility index (Phi) is 6.09. The van der Waals surface area contributed by atoms with E-state index in [0.717, 1.165) is 11.1 Å². The molecule has 0 fully saturated rings. The Balaban J connectivity index is 2.27. The highest BCUT2D eigenvalue weighted by atomic mass is 79.9. The van der Waals surface area contributed by atoms with Gasteiger partial charge in [0.25, 0.3) is 0 Å². The summed E-state index contributed by atoms with van der Waals surface area (Å²) >= 11 is 7.38. The lowest BCUT2D eigenvalue weighted by atomic mass is 9.74. The molecule has 24 heavy (non-hydrogen) atoms. The maximum absolute atomic E-state index is 13.2. The van der Waals surface area contributed by atoms with Crippen LogP contribution in [-0.4, -0.2) is 15.4 Å². The first-order valence-corrected chi connectivity index (χ1v) is 9.95. The lowest BCUT2D eigenvalue weighted by Gasteiger charge is -2.36. The van der Waals surface area contributed by atoms with Gasteiger partial charge in [0.15, 0.2) is 5.78 Å². The molecule has 0 N–H and O–H groups in total. The van der Waals surface area contributed by atoms with E-state index in [1.807, 2.05) is 36.4 Å². The van der Waals surface area contributed by atoms with Crippen LogP contribution in [0.15, 0.2) is 60.7 Å². The molecule has 0 radical (unpaired) electrons. The quantitative estimate of drug-likeness (QED) is 0.489. The molecule has 2 aromatic rings. The number of hydrogen-bond donors (Lipinski definition) is 0. The van der Waals surface area contributed by atoms with E-state index in [4.69, 9.17) is 0 Å². The first-order valence-electron chi connectivity index (χ1n) is 8.12. The van der Waals surface area contributed by atoms with Crippen molar-refractivity contribution in [2.45, 2.75) is 48.2 Å². The van der Waals surface area contributed by atoms with Crippen molar-refractivity contribution in [3.63, 3.8) is 0 Å². The minimum absolute atomic E-state index is 0.165. The summed E-state index contributed by atoms with van der Waals surface area (Å²) in [7, 11) is 0. The van der Waals surface area contributed by atoms with Crippen molar-refractivity contribution in [2.75, 3.05) is 0 Å². The van der Waals surface area contributed by atoms with Crippen LogP contribution in [0.4, 0.5) is 0 Å². The van der Waals surface area contributed by atoms with Gasteiger partial charge in [-0.3, -0.25) is 4.79 Å². The molecule has 0 aliphatic rings. The van der Waals surface area contributed by atoms with Crippen LogP contribution in [0.5, 0.6) is 0 Å². The minimum Gasteiger partial charge on any atom is -0.297 e. The molecular weight excluding hydrogens is 428 g/mol. The summed E-state index contributed by atoms with van der Waals surface area (Å²) < 4.78 is 0. The first-order chi connectivity index (χ1) is 11.2. The van der Waals surface area contributed by atoms with E-state index < -0.39 is 0 Å². The Labute approximate surface area is 162 Å². The molecule has 2 rings (SSSR count). The Morgan fingerprint density at radius 3 is 1.29 bits per heavy atom. The predicted octanol–water partition coefficient (Wildman–Crippen LogP) is 6.04. The molecule has 0 saturated carbocycles. The highest BCUT2D eigenvalue weighted by molar-refractivity contribution is 9.10. The number of halogens is 2. The van der Waals surface area contributed by atoms with Gasteiger partial charge in [-0.25, -0.2) is 0 Å². The van der Waals surface area contributed by atoms with E-state index in [1.54, 1.807) is 0 Å². The van der Waals surface area contributed by atoms with E-state index in [1.165, 1.54) is 0 Å². The van der Waals surface area contributed by atoms with Gasteiger partial charge in [-0.15, -0.1) is 0 Å². The average Bonchev–Trinajstić information content (AvgIpc) is 2.61. The van der Waals surface area contributed by atoms with Crippen LogP contribution in [0.1, 0.15) is 38.8 Å². The molecule has 0 spiro atoms. The SMILES string of the molecule is CC(C)(c1ccccc1)C(Br)C(=O)C(Br)C(C)(C)c1ccccc1. The summed E-state index contributed by atoms with van der Waals surface area (Å²) in [4.78, 5) is 12.6. The molecule has 0 aliphatic carbocycles. The molecule has 0 aliphatic heterocycles. The number of rotatable bonds is 6. The Morgan fingerprint density at radius 1 is 0.708 bits per heavy atom. The summed E-state index contributed by atoms with van der Waals surface area (Å²) in [6.45, 7) is 8.42. The lowest BCUT2D eigenvalue weighted by molar-refractivity contribution is -0.119. The molecular formula is C21H24Br2O. The fourth-order valence-corrected chi connectivity index (χ4v) is 4.28. The molecule has 0 saturated heterocycles. The number of hydrogen-bond acceptors (Lipinski definition) is 1. The van der Waals surface area contributed by atoms with Crippen LogP contribution in [-0.2, 0) is 15.6 Å². The summed E-state index contributed by atoms with van der Waals surface area (Å²) in [5.41, 5.74) is 1.71. The number of benzene rings is 2. The molecule has 1 nitrogen and oxygen atoms in total. The molecule has 128 valence electrons. The van der Waals surface area contributed by atoms with Gasteiger partial charge in [0, 0.05) is 10.8 Å². The van der Waals surface area contributed by atoms with Crippen LogP contribution < -0.4 is 0 Å². The molecule has 0 aromatic heterocycles. The third-order valence-electron chi connectivity index (χ3n) is 4.80. The molecule has 0 bridgehead atoms. The molecule has 2 unspecified atom stereocenters. The van der Waals surface area contributed by atoms with Crippen LogP contribution in [0.2, 0.25) is 0 Å². The van der Waals surface area contributed by atoms with Gasteiger partial charge < -0.3 is 0 Å². The summed E-state index contributed by atoms with van der Waals surface area (Å²) in [5.74, 6) is 0.165. The zero-order valence-corrected chi connectivity index (χ0v) is 17.8. The van der Waals surface area contributed by atoms with Crippen molar-refractivity contribution in [2.24, 2.45) is 0 Å². The number of ketones is 1. The zero-order valence-electron chi connectivity index (χ0n) is 14.6. The van der Waals surface area contributed by atoms with Crippen molar-refractivity contribution in [3.8, 4) is 0 Å². The van der Waals surface area contributed by atoms with E-state index in [2.05, 4.69) is 83.8 Å². The van der Waals surface area contributed by atoms with Gasteiger partial charge >= 0.3 is 0 Å². The van der Waals surface area contributed by atoms with E-state index >= 15 is 0 Å². The monoisotopic (exact) mass is 450 g/mol. The fraction of sp³-hybridized carbons (Fsp3) is 0.381. The van der Waals surface area contributed by atoms with Gasteiger partial charge in [-0.2, -0.15) is 0 Å². The van der Waals surface area contributed by atoms with E-state index in [0.29, 0.717) is 0 Å². The van der Waals surface area contributed by atoms with Gasteiger partial charge in [-0.1, -0.05) is 120 Å². The second-order valence-corrected chi connectivity index (χ2v) is 9.13. The van der Waals surface area contributed by atoms with E-state index in [-0.39, 0.29) is 26.3 Å². The average molecular weight is 452 g/mol. The van der Waals surface area contributed by atoms with Gasteiger partial charge in [-0.05, 0) is 11.1 Å². The van der Waals surface area contributed by atoms with Gasteiger partial charge in [0.1, 0.15) is 0 Å². The second-order valence-electron chi connectivity index (χ2n) is 7.30. The van der Waals surface area contributed by atoms with Gasteiger partial charge in [0.05, 0.1) is 9.65 Å². The van der Waals surface area contributed by atoms with Crippen LogP contribution in [0, 0.1) is 0 Å². The first kappa shape index (κ1) is 19.4. The number of alkyl halides is 2. The Hall–Kier alpha value is -0.930. The van der Waals surface area contributed by atoms with Crippen LogP contribution >= 0.6 is 31.9 Å². The smallest absolute Gasteiger partial charge is 0.161 e. The van der Waals surface area contributed by atoms with Crippen LogP contribution in [0.3, 0.4) is 0 Å². The highest BCUT2D eigenvalue weighted by Crippen LogP contribution is 2.39. The van der Waals surface area contributed by atoms with Crippen molar-refractivity contribution < 1.29 is 4.79 Å². The van der Waals surface area contributed by atoms with Gasteiger partial charge in [0.2, 0.25) is 0 Å². The maximum Gasteiger partial charge on any atom is 0.161 e. The molecule has 2 atom stereocenters. The summed E-state index contributed by atoms with van der Waals surface area (Å²) in [5, 5.41) is 0. The zero-order chi connectivity index (χ0) is 18.0. The van der Waals surface area contributed by atoms with Crippen molar-refractivity contribution in [3.05, 3.63) is 71.8 Å². The fourth-order valence-electron chi connectivity index (χ4n) is 2.87. The number of Topliss-reactive ketones (excluding diaryl/α,β-unsaturated/α-hetero) is 1. The normalized spacial score (nSPS) is 14.9. The van der Waals surface area contributed by atoms with Crippen molar-refractivity contribution in [1.82, 2.24) is 0 Å². The Bertz CT molecular complexity index is 618.